The van der Waals surface area contributed by atoms with Crippen LogP contribution in [0.25, 0.3) is 0 Å². The third kappa shape index (κ3) is 3.70. The molecule has 0 aromatic heterocycles. The third-order valence-electron chi connectivity index (χ3n) is 2.75. The highest BCUT2D eigenvalue weighted by Crippen LogP contribution is 2.30. The van der Waals surface area contributed by atoms with Crippen molar-refractivity contribution in [3.8, 4) is 0 Å². The Hall–Kier alpha value is -1.07. The molecule has 0 fully saturated rings. The zero-order valence-electron chi connectivity index (χ0n) is 11.3. The summed E-state index contributed by atoms with van der Waals surface area (Å²) >= 11 is 3.50. The summed E-state index contributed by atoms with van der Waals surface area (Å²) in [7, 11) is 0. The van der Waals surface area contributed by atoms with Crippen LogP contribution in [0.5, 0.6) is 0 Å². The number of halogens is 1. The van der Waals surface area contributed by atoms with Crippen LogP contribution in [0.1, 0.15) is 37.9 Å². The minimum atomic E-state index is -0.500. The van der Waals surface area contributed by atoms with Crippen LogP contribution in [0, 0.1) is 0 Å². The van der Waals surface area contributed by atoms with Crippen LogP contribution in [0.15, 0.2) is 22.7 Å². The lowest BCUT2D eigenvalue weighted by atomic mass is 9.99. The van der Waals surface area contributed by atoms with Gasteiger partial charge in [0.1, 0.15) is 5.60 Å². The first-order valence-electron chi connectivity index (χ1n) is 6.21. The SMILES string of the molecule is CC(C)(C)OC(=O)NC1COCc2c(Br)cccc21. The highest BCUT2D eigenvalue weighted by Gasteiger charge is 2.25. The molecule has 1 aliphatic rings. The number of amides is 1. The maximum Gasteiger partial charge on any atom is 0.408 e. The van der Waals surface area contributed by atoms with Gasteiger partial charge in [0.15, 0.2) is 0 Å². The van der Waals surface area contributed by atoms with Crippen LogP contribution in [0.4, 0.5) is 4.79 Å². The number of hydrogen-bond donors (Lipinski definition) is 1. The lowest BCUT2D eigenvalue weighted by Gasteiger charge is -2.28. The highest BCUT2D eigenvalue weighted by atomic mass is 79.9. The van der Waals surface area contributed by atoms with E-state index in [0.717, 1.165) is 15.6 Å². The zero-order chi connectivity index (χ0) is 14.0. The summed E-state index contributed by atoms with van der Waals surface area (Å²) in [6.07, 6.45) is -0.422. The first-order valence-corrected chi connectivity index (χ1v) is 7.00. The Bertz CT molecular complexity index is 482. The summed E-state index contributed by atoms with van der Waals surface area (Å²) < 4.78 is 11.8. The van der Waals surface area contributed by atoms with Crippen LogP contribution in [0.2, 0.25) is 0 Å². The fraction of sp³-hybridized carbons (Fsp3) is 0.500. The fourth-order valence-electron chi connectivity index (χ4n) is 1.99. The summed E-state index contributed by atoms with van der Waals surface area (Å²) in [5, 5.41) is 2.85. The summed E-state index contributed by atoms with van der Waals surface area (Å²) in [4.78, 5) is 11.8. The second-order valence-electron chi connectivity index (χ2n) is 5.52. The Morgan fingerprint density at radius 1 is 1.47 bits per heavy atom. The highest BCUT2D eigenvalue weighted by molar-refractivity contribution is 9.10. The van der Waals surface area contributed by atoms with Gasteiger partial charge in [0.05, 0.1) is 19.3 Å². The van der Waals surface area contributed by atoms with Crippen molar-refractivity contribution < 1.29 is 14.3 Å². The Balaban J connectivity index is 2.12. The molecule has 2 rings (SSSR count). The van der Waals surface area contributed by atoms with Crippen molar-refractivity contribution in [1.82, 2.24) is 5.32 Å². The Kier molecular flexibility index (Phi) is 4.16. The molecule has 1 unspecified atom stereocenters. The van der Waals surface area contributed by atoms with Gasteiger partial charge in [-0.15, -0.1) is 0 Å². The van der Waals surface area contributed by atoms with E-state index in [1.54, 1.807) is 0 Å². The molecule has 0 radical (unpaired) electrons. The largest absolute Gasteiger partial charge is 0.444 e. The van der Waals surface area contributed by atoms with Gasteiger partial charge in [-0.1, -0.05) is 28.1 Å². The molecule has 1 N–H and O–H groups in total. The lowest BCUT2D eigenvalue weighted by Crippen LogP contribution is -2.38. The van der Waals surface area contributed by atoms with E-state index in [0.29, 0.717) is 13.2 Å². The summed E-state index contributed by atoms with van der Waals surface area (Å²) in [5.41, 5.74) is 1.65. The lowest BCUT2D eigenvalue weighted by molar-refractivity contribution is 0.0389. The fourth-order valence-corrected chi connectivity index (χ4v) is 2.49. The zero-order valence-corrected chi connectivity index (χ0v) is 12.9. The van der Waals surface area contributed by atoms with E-state index in [1.165, 1.54) is 0 Å². The van der Waals surface area contributed by atoms with Crippen molar-refractivity contribution in [2.24, 2.45) is 0 Å². The maximum atomic E-state index is 11.8. The number of alkyl carbamates (subject to hydrolysis) is 1. The van der Waals surface area contributed by atoms with Crippen molar-refractivity contribution in [2.75, 3.05) is 6.61 Å². The number of hydrogen-bond acceptors (Lipinski definition) is 3. The quantitative estimate of drug-likeness (QED) is 0.858. The molecule has 1 atom stereocenters. The molecule has 19 heavy (non-hydrogen) atoms. The van der Waals surface area contributed by atoms with Crippen LogP contribution in [0.3, 0.4) is 0 Å². The molecule has 0 aliphatic carbocycles. The molecule has 1 aromatic rings. The predicted molar refractivity (Wildman–Crippen MR) is 75.9 cm³/mol. The monoisotopic (exact) mass is 327 g/mol. The van der Waals surface area contributed by atoms with Gasteiger partial charge in [0, 0.05) is 4.47 Å². The van der Waals surface area contributed by atoms with E-state index in [9.17, 15) is 4.79 Å². The van der Waals surface area contributed by atoms with Gasteiger partial charge >= 0.3 is 6.09 Å². The molecule has 1 heterocycles. The number of ether oxygens (including phenoxy) is 2. The molecule has 1 aliphatic heterocycles. The maximum absolute atomic E-state index is 11.8. The minimum Gasteiger partial charge on any atom is -0.444 e. The molecule has 0 saturated heterocycles. The summed E-state index contributed by atoms with van der Waals surface area (Å²) in [6.45, 7) is 6.55. The van der Waals surface area contributed by atoms with E-state index in [1.807, 2.05) is 39.0 Å². The number of rotatable bonds is 1. The normalized spacial score (nSPS) is 18.6. The molecule has 1 aromatic carbocycles. The van der Waals surface area contributed by atoms with Crippen molar-refractivity contribution in [1.29, 1.82) is 0 Å². The van der Waals surface area contributed by atoms with Gasteiger partial charge in [-0.05, 0) is 38.0 Å². The van der Waals surface area contributed by atoms with E-state index < -0.39 is 11.7 Å². The van der Waals surface area contributed by atoms with Gasteiger partial charge in [-0.25, -0.2) is 4.79 Å². The van der Waals surface area contributed by atoms with Crippen LogP contribution >= 0.6 is 15.9 Å². The van der Waals surface area contributed by atoms with Crippen LogP contribution < -0.4 is 5.32 Å². The van der Waals surface area contributed by atoms with Crippen molar-refractivity contribution in [3.63, 3.8) is 0 Å². The molecule has 0 saturated carbocycles. The average Bonchev–Trinajstić information content (AvgIpc) is 2.28. The molecular formula is C14H18BrNO3. The first kappa shape index (κ1) is 14.3. The van der Waals surface area contributed by atoms with Crippen molar-refractivity contribution in [3.05, 3.63) is 33.8 Å². The average molecular weight is 328 g/mol. The summed E-state index contributed by atoms with van der Waals surface area (Å²) in [5.74, 6) is 0. The second-order valence-corrected chi connectivity index (χ2v) is 6.38. The Morgan fingerprint density at radius 3 is 2.89 bits per heavy atom. The molecular weight excluding hydrogens is 310 g/mol. The number of carbonyl (C=O) groups excluding carboxylic acids is 1. The number of benzene rings is 1. The van der Waals surface area contributed by atoms with E-state index >= 15 is 0 Å². The molecule has 0 bridgehead atoms. The summed E-state index contributed by atoms with van der Waals surface area (Å²) in [6, 6.07) is 5.76. The molecule has 5 heteroatoms. The standard InChI is InChI=1S/C14H18BrNO3/c1-14(2,3)19-13(17)16-12-8-18-7-10-9(12)5-4-6-11(10)15/h4-6,12H,7-8H2,1-3H3,(H,16,17). The van der Waals surface area contributed by atoms with Gasteiger partial charge in [0.2, 0.25) is 0 Å². The van der Waals surface area contributed by atoms with Gasteiger partial charge < -0.3 is 14.8 Å². The van der Waals surface area contributed by atoms with Crippen LogP contribution in [-0.4, -0.2) is 18.3 Å². The topological polar surface area (TPSA) is 47.6 Å². The smallest absolute Gasteiger partial charge is 0.408 e. The van der Waals surface area contributed by atoms with E-state index in [4.69, 9.17) is 9.47 Å². The molecule has 0 spiro atoms. The number of carbonyl (C=O) groups is 1. The van der Waals surface area contributed by atoms with Gasteiger partial charge in [-0.3, -0.25) is 0 Å². The molecule has 1 amide bonds. The second kappa shape index (κ2) is 5.51. The Labute approximate surface area is 121 Å². The molecule has 104 valence electrons. The van der Waals surface area contributed by atoms with Crippen LogP contribution in [-0.2, 0) is 16.1 Å². The number of fused-ring (bicyclic) bond motifs is 1. The molecule has 4 nitrogen and oxygen atoms in total. The van der Waals surface area contributed by atoms with Gasteiger partial charge in [-0.2, -0.15) is 0 Å². The van der Waals surface area contributed by atoms with Crippen molar-refractivity contribution in [2.45, 2.75) is 39.0 Å². The minimum absolute atomic E-state index is 0.170. The third-order valence-corrected chi connectivity index (χ3v) is 3.50. The predicted octanol–water partition coefficient (Wildman–Crippen LogP) is 3.55. The first-order chi connectivity index (χ1) is 8.87. The Morgan fingerprint density at radius 2 is 2.21 bits per heavy atom. The van der Waals surface area contributed by atoms with Crippen molar-refractivity contribution >= 4 is 22.0 Å². The van der Waals surface area contributed by atoms with Gasteiger partial charge in [0.25, 0.3) is 0 Å². The number of nitrogens with one attached hydrogen (secondary N) is 1. The van der Waals surface area contributed by atoms with E-state index in [2.05, 4.69) is 21.2 Å². The van der Waals surface area contributed by atoms with E-state index in [-0.39, 0.29) is 6.04 Å².